The third-order valence-electron chi connectivity index (χ3n) is 3.40. The number of hydrogen-bond acceptors (Lipinski definition) is 3. The van der Waals surface area contributed by atoms with Gasteiger partial charge in [-0.3, -0.25) is 0 Å². The van der Waals surface area contributed by atoms with Gasteiger partial charge in [-0.2, -0.15) is 0 Å². The van der Waals surface area contributed by atoms with Crippen LogP contribution in [0.2, 0.25) is 0 Å². The van der Waals surface area contributed by atoms with Gasteiger partial charge >= 0.3 is 0 Å². The van der Waals surface area contributed by atoms with Crippen LogP contribution >= 0.6 is 0 Å². The second-order valence-corrected chi connectivity index (χ2v) is 4.97. The molecule has 2 N–H and O–H groups in total. The maximum absolute atomic E-state index is 9.12. The molecular weight excluding hydrogens is 262 g/mol. The highest BCUT2D eigenvalue weighted by molar-refractivity contribution is 5.29. The topological polar surface area (TPSA) is 41.5 Å². The zero-order valence-corrected chi connectivity index (χ0v) is 12.5. The normalized spacial score (nSPS) is 12.1. The number of rotatable bonds is 8. The van der Waals surface area contributed by atoms with E-state index in [-0.39, 0.29) is 12.6 Å². The lowest BCUT2D eigenvalue weighted by Crippen LogP contribution is -2.21. The van der Waals surface area contributed by atoms with Gasteiger partial charge < -0.3 is 15.2 Å². The van der Waals surface area contributed by atoms with Crippen molar-refractivity contribution in [1.82, 2.24) is 5.32 Å². The molecule has 0 aromatic heterocycles. The third-order valence-corrected chi connectivity index (χ3v) is 3.40. The minimum atomic E-state index is 0.184. The molecule has 2 rings (SSSR count). The fourth-order valence-corrected chi connectivity index (χ4v) is 2.30. The molecule has 112 valence electrons. The molecule has 0 saturated carbocycles. The second kappa shape index (κ2) is 8.45. The summed E-state index contributed by atoms with van der Waals surface area (Å²) in [6.45, 7) is 3.72. The van der Waals surface area contributed by atoms with Gasteiger partial charge in [-0.15, -0.1) is 0 Å². The standard InChI is InChI=1S/C18H23NO2/c1-2-19-18(12-13-20)16-8-10-17(11-9-16)21-14-15-6-4-3-5-7-15/h3-11,18-20H,2,12-14H2,1H3. The van der Waals surface area contributed by atoms with Crippen molar-refractivity contribution in [2.45, 2.75) is 26.0 Å². The van der Waals surface area contributed by atoms with Crippen LogP contribution in [0.25, 0.3) is 0 Å². The molecule has 0 bridgehead atoms. The summed E-state index contributed by atoms with van der Waals surface area (Å²) in [7, 11) is 0. The molecule has 0 aliphatic heterocycles. The molecule has 3 heteroatoms. The minimum Gasteiger partial charge on any atom is -0.489 e. The van der Waals surface area contributed by atoms with Crippen LogP contribution in [0.15, 0.2) is 54.6 Å². The van der Waals surface area contributed by atoms with E-state index < -0.39 is 0 Å². The summed E-state index contributed by atoms with van der Waals surface area (Å²) in [5.41, 5.74) is 2.34. The predicted octanol–water partition coefficient (Wildman–Crippen LogP) is 3.30. The molecule has 0 saturated heterocycles. The molecule has 3 nitrogen and oxygen atoms in total. The number of nitrogens with one attached hydrogen (secondary N) is 1. The Labute approximate surface area is 126 Å². The van der Waals surface area contributed by atoms with Gasteiger partial charge in [0, 0.05) is 12.6 Å². The zero-order chi connectivity index (χ0) is 14.9. The Bertz CT molecular complexity index is 505. The smallest absolute Gasteiger partial charge is 0.119 e. The first-order valence-corrected chi connectivity index (χ1v) is 7.44. The molecule has 0 amide bonds. The minimum absolute atomic E-state index is 0.184. The summed E-state index contributed by atoms with van der Waals surface area (Å²) >= 11 is 0. The number of benzene rings is 2. The van der Waals surface area contributed by atoms with Crippen molar-refractivity contribution in [3.8, 4) is 5.75 Å². The van der Waals surface area contributed by atoms with Crippen LogP contribution in [-0.4, -0.2) is 18.3 Å². The lowest BCUT2D eigenvalue weighted by molar-refractivity contribution is 0.266. The molecule has 0 fully saturated rings. The Hall–Kier alpha value is -1.84. The van der Waals surface area contributed by atoms with Crippen molar-refractivity contribution in [3.63, 3.8) is 0 Å². The van der Waals surface area contributed by atoms with Gasteiger partial charge in [0.1, 0.15) is 12.4 Å². The van der Waals surface area contributed by atoms with Crippen molar-refractivity contribution in [2.75, 3.05) is 13.2 Å². The zero-order valence-electron chi connectivity index (χ0n) is 12.5. The molecule has 2 aromatic rings. The molecule has 0 radical (unpaired) electrons. The van der Waals surface area contributed by atoms with Crippen molar-refractivity contribution in [3.05, 3.63) is 65.7 Å². The second-order valence-electron chi connectivity index (χ2n) is 4.97. The lowest BCUT2D eigenvalue weighted by atomic mass is 10.0. The maximum Gasteiger partial charge on any atom is 0.119 e. The van der Waals surface area contributed by atoms with Crippen molar-refractivity contribution < 1.29 is 9.84 Å². The van der Waals surface area contributed by atoms with Crippen LogP contribution in [0.3, 0.4) is 0 Å². The molecule has 0 aliphatic carbocycles. The summed E-state index contributed by atoms with van der Waals surface area (Å²) < 4.78 is 5.78. The first-order chi connectivity index (χ1) is 10.3. The van der Waals surface area contributed by atoms with Gasteiger partial charge in [-0.05, 0) is 36.2 Å². The number of hydrogen-bond donors (Lipinski definition) is 2. The van der Waals surface area contributed by atoms with Crippen LogP contribution in [-0.2, 0) is 6.61 Å². The summed E-state index contributed by atoms with van der Waals surface area (Å²) in [5, 5.41) is 12.5. The first-order valence-electron chi connectivity index (χ1n) is 7.44. The van der Waals surface area contributed by atoms with Crippen LogP contribution in [0.1, 0.15) is 30.5 Å². The van der Waals surface area contributed by atoms with E-state index >= 15 is 0 Å². The predicted molar refractivity (Wildman–Crippen MR) is 85.3 cm³/mol. The average molecular weight is 285 g/mol. The lowest BCUT2D eigenvalue weighted by Gasteiger charge is -2.17. The highest BCUT2D eigenvalue weighted by Gasteiger charge is 2.09. The van der Waals surface area contributed by atoms with Gasteiger partial charge in [0.05, 0.1) is 0 Å². The van der Waals surface area contributed by atoms with E-state index in [1.165, 1.54) is 5.56 Å². The Balaban J connectivity index is 1.94. The highest BCUT2D eigenvalue weighted by atomic mass is 16.5. The quantitative estimate of drug-likeness (QED) is 0.782. The summed E-state index contributed by atoms with van der Waals surface area (Å²) in [4.78, 5) is 0. The number of aliphatic hydroxyl groups excluding tert-OH is 1. The van der Waals surface area contributed by atoms with Crippen LogP contribution in [0.4, 0.5) is 0 Å². The summed E-state index contributed by atoms with van der Waals surface area (Å²) in [5.74, 6) is 0.863. The Morgan fingerprint density at radius 2 is 1.76 bits per heavy atom. The van der Waals surface area contributed by atoms with E-state index in [2.05, 4.69) is 36.5 Å². The van der Waals surface area contributed by atoms with Crippen LogP contribution in [0, 0.1) is 0 Å². The van der Waals surface area contributed by atoms with E-state index in [0.717, 1.165) is 24.3 Å². The van der Waals surface area contributed by atoms with Crippen molar-refractivity contribution >= 4 is 0 Å². The molecule has 21 heavy (non-hydrogen) atoms. The fraction of sp³-hybridized carbons (Fsp3) is 0.333. The number of aliphatic hydroxyl groups is 1. The molecule has 1 unspecified atom stereocenters. The van der Waals surface area contributed by atoms with Gasteiger partial charge in [0.15, 0.2) is 0 Å². The average Bonchev–Trinajstić information content (AvgIpc) is 2.54. The third kappa shape index (κ3) is 4.88. The Kier molecular flexibility index (Phi) is 6.25. The number of ether oxygens (including phenoxy) is 1. The highest BCUT2D eigenvalue weighted by Crippen LogP contribution is 2.20. The van der Waals surface area contributed by atoms with Crippen LogP contribution < -0.4 is 10.1 Å². The molecule has 0 heterocycles. The van der Waals surface area contributed by atoms with Crippen molar-refractivity contribution in [1.29, 1.82) is 0 Å². The fourth-order valence-electron chi connectivity index (χ4n) is 2.30. The van der Waals surface area contributed by atoms with Crippen LogP contribution in [0.5, 0.6) is 5.75 Å². The SMILES string of the molecule is CCNC(CCO)c1ccc(OCc2ccccc2)cc1. The maximum atomic E-state index is 9.12. The monoisotopic (exact) mass is 285 g/mol. The first kappa shape index (κ1) is 15.5. The van der Waals surface area contributed by atoms with E-state index in [9.17, 15) is 0 Å². The largest absolute Gasteiger partial charge is 0.489 e. The van der Waals surface area contributed by atoms with Gasteiger partial charge in [-0.1, -0.05) is 49.4 Å². The Morgan fingerprint density at radius 1 is 1.05 bits per heavy atom. The molecule has 2 aromatic carbocycles. The van der Waals surface area contributed by atoms with Crippen molar-refractivity contribution in [2.24, 2.45) is 0 Å². The summed E-state index contributed by atoms with van der Waals surface area (Å²) in [6, 6.07) is 18.4. The molecular formula is C18H23NO2. The van der Waals surface area contributed by atoms with Gasteiger partial charge in [-0.25, -0.2) is 0 Å². The molecule has 0 aliphatic rings. The van der Waals surface area contributed by atoms with E-state index in [0.29, 0.717) is 6.61 Å². The van der Waals surface area contributed by atoms with E-state index in [1.807, 2.05) is 30.3 Å². The van der Waals surface area contributed by atoms with E-state index in [4.69, 9.17) is 9.84 Å². The molecule has 0 spiro atoms. The van der Waals surface area contributed by atoms with E-state index in [1.54, 1.807) is 0 Å². The molecule has 1 atom stereocenters. The van der Waals surface area contributed by atoms with Gasteiger partial charge in [0.25, 0.3) is 0 Å². The summed E-state index contributed by atoms with van der Waals surface area (Å²) in [6.07, 6.45) is 0.720. The Morgan fingerprint density at radius 3 is 2.38 bits per heavy atom. The van der Waals surface area contributed by atoms with Gasteiger partial charge in [0.2, 0.25) is 0 Å².